The molecule has 0 saturated carbocycles. The van der Waals surface area contributed by atoms with E-state index in [9.17, 15) is 4.79 Å². The zero-order chi connectivity index (χ0) is 23.7. The summed E-state index contributed by atoms with van der Waals surface area (Å²) in [6.07, 6.45) is 19.5. The standard InChI is InChI=1S/C29H36N4O/c1-19-5-4-6-22(13-19)24-14-26-20(2)16-30-18-27(26)28(15-24)32-25-9-11-33(12-10-25)29(34)23-8-7-21(3)31-17-23/h4-5,7-8,13-14,16-18,20,22,25-26,28,32H,6,9-12,15H2,1-3H3. The number of hydrogen-bond donors (Lipinski definition) is 1. The minimum Gasteiger partial charge on any atom is -0.338 e. The number of piperidine rings is 1. The van der Waals surface area contributed by atoms with E-state index in [1.807, 2.05) is 24.0 Å². The molecule has 0 bridgehead atoms. The number of carbonyl (C=O) groups excluding carboxylic acids is 1. The van der Waals surface area contributed by atoms with Crippen LogP contribution in [0, 0.1) is 24.7 Å². The molecule has 0 radical (unpaired) electrons. The summed E-state index contributed by atoms with van der Waals surface area (Å²) in [5, 5.41) is 3.99. The second-order valence-corrected chi connectivity index (χ2v) is 10.4. The minimum absolute atomic E-state index is 0.0968. The Morgan fingerprint density at radius 2 is 1.97 bits per heavy atom. The number of aromatic nitrogens is 1. The zero-order valence-corrected chi connectivity index (χ0v) is 20.6. The first-order valence-corrected chi connectivity index (χ1v) is 12.7. The quantitative estimate of drug-likeness (QED) is 0.647. The average Bonchev–Trinajstić information content (AvgIpc) is 2.85. The number of rotatable bonds is 4. The molecule has 2 aliphatic carbocycles. The van der Waals surface area contributed by atoms with Crippen LogP contribution < -0.4 is 5.32 Å². The van der Waals surface area contributed by atoms with E-state index < -0.39 is 0 Å². The molecule has 34 heavy (non-hydrogen) atoms. The number of amides is 1. The molecule has 2 aliphatic heterocycles. The average molecular weight is 457 g/mol. The van der Waals surface area contributed by atoms with Gasteiger partial charge >= 0.3 is 0 Å². The highest BCUT2D eigenvalue weighted by atomic mass is 16.2. The Hall–Kier alpha value is -2.79. The van der Waals surface area contributed by atoms with Crippen LogP contribution in [0.25, 0.3) is 0 Å². The number of carbonyl (C=O) groups is 1. The van der Waals surface area contributed by atoms with Gasteiger partial charge in [0.2, 0.25) is 0 Å². The van der Waals surface area contributed by atoms with Gasteiger partial charge in [0.25, 0.3) is 5.91 Å². The molecule has 5 rings (SSSR count). The van der Waals surface area contributed by atoms with Crippen LogP contribution in [0.4, 0.5) is 0 Å². The summed E-state index contributed by atoms with van der Waals surface area (Å²) in [6.45, 7) is 7.99. The summed E-state index contributed by atoms with van der Waals surface area (Å²) >= 11 is 0. The number of aryl methyl sites for hydroxylation is 1. The predicted molar refractivity (Wildman–Crippen MR) is 138 cm³/mol. The second kappa shape index (κ2) is 9.83. The highest BCUT2D eigenvalue weighted by Gasteiger charge is 2.35. The van der Waals surface area contributed by atoms with Crippen LogP contribution in [0.1, 0.15) is 55.6 Å². The number of fused-ring (bicyclic) bond motifs is 1. The fourth-order valence-corrected chi connectivity index (χ4v) is 5.81. The normalized spacial score (nSPS) is 29.3. The van der Waals surface area contributed by atoms with Crippen molar-refractivity contribution in [2.45, 2.75) is 58.5 Å². The molecule has 1 aromatic rings. The summed E-state index contributed by atoms with van der Waals surface area (Å²) in [4.78, 5) is 23.7. The Morgan fingerprint density at radius 3 is 2.71 bits per heavy atom. The van der Waals surface area contributed by atoms with Crippen molar-refractivity contribution >= 4 is 12.1 Å². The molecule has 1 saturated heterocycles. The van der Waals surface area contributed by atoms with Gasteiger partial charge in [0.1, 0.15) is 0 Å². The Balaban J connectivity index is 1.25. The van der Waals surface area contributed by atoms with Gasteiger partial charge in [-0.05, 0) is 57.2 Å². The topological polar surface area (TPSA) is 57.6 Å². The van der Waals surface area contributed by atoms with Crippen molar-refractivity contribution in [2.75, 3.05) is 13.1 Å². The second-order valence-electron chi connectivity index (χ2n) is 10.4. The molecule has 178 valence electrons. The fraction of sp³-hybridized carbons (Fsp3) is 0.483. The molecule has 4 aliphatic rings. The highest BCUT2D eigenvalue weighted by Crippen LogP contribution is 2.40. The van der Waals surface area contributed by atoms with Gasteiger partial charge in [-0.3, -0.25) is 14.8 Å². The largest absolute Gasteiger partial charge is 0.338 e. The van der Waals surface area contributed by atoms with Crippen molar-refractivity contribution in [3.8, 4) is 0 Å². The SMILES string of the molecule is CC1=CC(C2=CC3C(=CN=CC3C)C(NC3CCN(C(=O)c4ccc(C)nc4)CC3)C2)CC=C1. The molecular formula is C29H36N4O. The first-order chi connectivity index (χ1) is 16.5. The smallest absolute Gasteiger partial charge is 0.255 e. The van der Waals surface area contributed by atoms with E-state index in [4.69, 9.17) is 0 Å². The molecular weight excluding hydrogens is 420 g/mol. The number of allylic oxidation sites excluding steroid dienone is 5. The summed E-state index contributed by atoms with van der Waals surface area (Å²) in [5.41, 5.74) is 5.97. The lowest BCUT2D eigenvalue weighted by molar-refractivity contribution is 0.0702. The summed E-state index contributed by atoms with van der Waals surface area (Å²) in [7, 11) is 0. The van der Waals surface area contributed by atoms with Gasteiger partial charge in [-0.2, -0.15) is 0 Å². The number of pyridine rings is 1. The van der Waals surface area contributed by atoms with Crippen LogP contribution in [-0.4, -0.2) is 47.2 Å². The van der Waals surface area contributed by atoms with Crippen LogP contribution in [0.2, 0.25) is 0 Å². The molecule has 1 N–H and O–H groups in total. The van der Waals surface area contributed by atoms with Crippen molar-refractivity contribution in [2.24, 2.45) is 22.7 Å². The Labute approximate surface area is 203 Å². The maximum atomic E-state index is 12.9. The monoisotopic (exact) mass is 456 g/mol. The van der Waals surface area contributed by atoms with Crippen LogP contribution in [0.3, 0.4) is 0 Å². The predicted octanol–water partition coefficient (Wildman–Crippen LogP) is 5.03. The van der Waals surface area contributed by atoms with Crippen LogP contribution in [0.15, 0.2) is 70.5 Å². The number of hydrogen-bond acceptors (Lipinski definition) is 4. The number of likely N-dealkylation sites (tertiary alicyclic amines) is 1. The number of nitrogens with one attached hydrogen (secondary N) is 1. The summed E-state index contributed by atoms with van der Waals surface area (Å²) in [6, 6.07) is 4.53. The van der Waals surface area contributed by atoms with Gasteiger partial charge in [-0.15, -0.1) is 0 Å². The molecule has 1 fully saturated rings. The van der Waals surface area contributed by atoms with E-state index >= 15 is 0 Å². The maximum Gasteiger partial charge on any atom is 0.255 e. The molecule has 4 atom stereocenters. The molecule has 0 aromatic carbocycles. The molecule has 5 nitrogen and oxygen atoms in total. The Kier molecular flexibility index (Phi) is 6.64. The van der Waals surface area contributed by atoms with Crippen molar-refractivity contribution in [3.05, 3.63) is 76.8 Å². The molecule has 5 heteroatoms. The van der Waals surface area contributed by atoms with Gasteiger partial charge in [0.05, 0.1) is 5.56 Å². The number of nitrogens with zero attached hydrogens (tertiary/aromatic N) is 3. The third kappa shape index (κ3) is 4.85. The fourth-order valence-electron chi connectivity index (χ4n) is 5.81. The maximum absolute atomic E-state index is 12.9. The van der Waals surface area contributed by atoms with Crippen LogP contribution >= 0.6 is 0 Å². The van der Waals surface area contributed by atoms with E-state index in [-0.39, 0.29) is 5.91 Å². The molecule has 1 amide bonds. The lowest BCUT2D eigenvalue weighted by Gasteiger charge is -2.41. The first kappa shape index (κ1) is 23.0. The van der Waals surface area contributed by atoms with Gasteiger partial charge in [0.15, 0.2) is 0 Å². The third-order valence-corrected chi connectivity index (χ3v) is 7.82. The van der Waals surface area contributed by atoms with Crippen molar-refractivity contribution in [1.82, 2.24) is 15.2 Å². The first-order valence-electron chi connectivity index (χ1n) is 12.7. The van der Waals surface area contributed by atoms with E-state index in [0.29, 0.717) is 35.4 Å². The van der Waals surface area contributed by atoms with Gasteiger partial charge in [-0.1, -0.05) is 42.4 Å². The number of aliphatic imine (C=N–C) groups is 1. The van der Waals surface area contributed by atoms with Crippen LogP contribution in [0.5, 0.6) is 0 Å². The minimum atomic E-state index is 0.0968. The lowest BCUT2D eigenvalue weighted by atomic mass is 9.72. The van der Waals surface area contributed by atoms with Crippen molar-refractivity contribution in [3.63, 3.8) is 0 Å². The van der Waals surface area contributed by atoms with Crippen molar-refractivity contribution in [1.29, 1.82) is 0 Å². The molecule has 3 heterocycles. The van der Waals surface area contributed by atoms with Gasteiger partial charge < -0.3 is 10.2 Å². The zero-order valence-electron chi connectivity index (χ0n) is 20.6. The summed E-state index contributed by atoms with van der Waals surface area (Å²) < 4.78 is 0. The lowest BCUT2D eigenvalue weighted by Crippen LogP contribution is -2.50. The molecule has 1 aromatic heterocycles. The van der Waals surface area contributed by atoms with Crippen LogP contribution in [-0.2, 0) is 0 Å². The van der Waals surface area contributed by atoms with E-state index in [1.165, 1.54) is 11.1 Å². The van der Waals surface area contributed by atoms with E-state index in [2.05, 4.69) is 65.9 Å². The Bertz CT molecular complexity index is 1070. The molecule has 4 unspecified atom stereocenters. The van der Waals surface area contributed by atoms with Gasteiger partial charge in [-0.25, -0.2) is 0 Å². The molecule has 0 spiro atoms. The Morgan fingerprint density at radius 1 is 1.15 bits per heavy atom. The highest BCUT2D eigenvalue weighted by molar-refractivity contribution is 5.94. The van der Waals surface area contributed by atoms with E-state index in [1.54, 1.807) is 11.8 Å². The summed E-state index contributed by atoms with van der Waals surface area (Å²) in [5.74, 6) is 1.45. The van der Waals surface area contributed by atoms with Gasteiger partial charge in [0, 0.05) is 67.2 Å². The third-order valence-electron chi connectivity index (χ3n) is 7.82. The van der Waals surface area contributed by atoms with E-state index in [0.717, 1.165) is 44.5 Å². The van der Waals surface area contributed by atoms with Crippen molar-refractivity contribution < 1.29 is 4.79 Å².